The smallest absolute Gasteiger partial charge is 0.256 e. The van der Waals surface area contributed by atoms with E-state index >= 15 is 0 Å². The fourth-order valence-electron chi connectivity index (χ4n) is 3.12. The van der Waals surface area contributed by atoms with Crippen LogP contribution in [0.25, 0.3) is 11.0 Å². The number of phenolic OH excluding ortho intramolecular Hbond substituents is 1. The summed E-state index contributed by atoms with van der Waals surface area (Å²) in [5, 5.41) is 13.2. The van der Waals surface area contributed by atoms with Crippen LogP contribution >= 0.6 is 0 Å². The molecule has 0 bridgehead atoms. The van der Waals surface area contributed by atoms with Crippen molar-refractivity contribution in [1.82, 2.24) is 5.32 Å². The summed E-state index contributed by atoms with van der Waals surface area (Å²) < 4.78 is 24.8. The lowest BCUT2D eigenvalue weighted by Gasteiger charge is -2.11. The van der Waals surface area contributed by atoms with Crippen molar-refractivity contribution < 1.29 is 23.4 Å². The van der Waals surface area contributed by atoms with E-state index in [9.17, 15) is 14.3 Å². The number of ether oxygens (including phenoxy) is 1. The number of nitrogens with zero attached hydrogens (tertiary/aromatic N) is 1. The van der Waals surface area contributed by atoms with Gasteiger partial charge in [0.25, 0.3) is 5.91 Å². The van der Waals surface area contributed by atoms with E-state index in [2.05, 4.69) is 10.3 Å². The number of aromatic hydroxyl groups is 1. The van der Waals surface area contributed by atoms with Gasteiger partial charge < -0.3 is 19.6 Å². The van der Waals surface area contributed by atoms with Crippen molar-refractivity contribution in [2.45, 2.75) is 18.9 Å². The molecule has 1 atom stereocenters. The van der Waals surface area contributed by atoms with Crippen LogP contribution in [-0.4, -0.2) is 30.3 Å². The SMILES string of the molecule is O=C(NC[C@@H]1CCCO1)c1cc2ccc(O)cc2oc1=Nc1cccc(F)c1. The minimum absolute atomic E-state index is 0.00176. The van der Waals surface area contributed by atoms with E-state index in [4.69, 9.17) is 9.15 Å². The van der Waals surface area contributed by atoms with Crippen molar-refractivity contribution >= 4 is 22.6 Å². The third-order valence-corrected chi connectivity index (χ3v) is 4.53. The normalized spacial score (nSPS) is 17.2. The Bertz CT molecular complexity index is 1090. The van der Waals surface area contributed by atoms with E-state index in [0.29, 0.717) is 29.8 Å². The molecule has 1 fully saturated rings. The third-order valence-electron chi connectivity index (χ3n) is 4.53. The Morgan fingerprint density at radius 3 is 2.93 bits per heavy atom. The number of phenols is 1. The fourth-order valence-corrected chi connectivity index (χ4v) is 3.12. The highest BCUT2D eigenvalue weighted by Gasteiger charge is 2.18. The van der Waals surface area contributed by atoms with E-state index in [1.807, 2.05) is 0 Å². The van der Waals surface area contributed by atoms with Gasteiger partial charge in [-0.2, -0.15) is 0 Å². The zero-order valence-corrected chi connectivity index (χ0v) is 15.0. The summed E-state index contributed by atoms with van der Waals surface area (Å²) in [7, 11) is 0. The van der Waals surface area contributed by atoms with E-state index in [-0.39, 0.29) is 28.9 Å². The minimum atomic E-state index is -0.441. The Kier molecular flexibility index (Phi) is 5.08. The molecule has 1 aromatic heterocycles. The minimum Gasteiger partial charge on any atom is -0.508 e. The predicted octanol–water partition coefficient (Wildman–Crippen LogP) is 3.42. The first kappa shape index (κ1) is 18.2. The van der Waals surface area contributed by atoms with Gasteiger partial charge in [-0.3, -0.25) is 4.79 Å². The molecule has 0 unspecified atom stereocenters. The van der Waals surface area contributed by atoms with Gasteiger partial charge in [-0.05, 0) is 49.2 Å². The molecule has 2 aromatic carbocycles. The molecule has 3 aromatic rings. The van der Waals surface area contributed by atoms with Gasteiger partial charge in [0.2, 0.25) is 5.55 Å². The second kappa shape index (κ2) is 7.82. The Balaban J connectivity index is 1.76. The van der Waals surface area contributed by atoms with Gasteiger partial charge in [-0.25, -0.2) is 9.38 Å². The van der Waals surface area contributed by atoms with Crippen molar-refractivity contribution in [3.63, 3.8) is 0 Å². The molecule has 7 heteroatoms. The van der Waals surface area contributed by atoms with Gasteiger partial charge in [-0.15, -0.1) is 0 Å². The molecule has 1 aliphatic heterocycles. The molecule has 144 valence electrons. The number of carbonyl (C=O) groups is 1. The highest BCUT2D eigenvalue weighted by Crippen LogP contribution is 2.20. The van der Waals surface area contributed by atoms with Crippen molar-refractivity contribution in [1.29, 1.82) is 0 Å². The molecule has 1 saturated heterocycles. The van der Waals surface area contributed by atoms with Crippen LogP contribution in [0.1, 0.15) is 23.2 Å². The molecule has 0 aliphatic carbocycles. The van der Waals surface area contributed by atoms with Crippen LogP contribution in [0.5, 0.6) is 5.75 Å². The average Bonchev–Trinajstić information content (AvgIpc) is 3.19. The van der Waals surface area contributed by atoms with Crippen LogP contribution in [0.4, 0.5) is 10.1 Å². The van der Waals surface area contributed by atoms with Gasteiger partial charge in [0, 0.05) is 24.6 Å². The van der Waals surface area contributed by atoms with Crippen LogP contribution < -0.4 is 10.9 Å². The standard InChI is InChI=1S/C21H19FN2O4/c22-14-3-1-4-15(10-14)24-21-18(20(26)23-12-17-5-2-8-27-17)9-13-6-7-16(25)11-19(13)28-21/h1,3-4,6-7,9-11,17,25H,2,5,8,12H2,(H,23,26)/t17-/m0/s1. The monoisotopic (exact) mass is 382 g/mol. The molecular formula is C21H19FN2O4. The van der Waals surface area contributed by atoms with Gasteiger partial charge in [-0.1, -0.05) is 6.07 Å². The molecular weight excluding hydrogens is 363 g/mol. The maximum absolute atomic E-state index is 13.5. The topological polar surface area (TPSA) is 84.1 Å². The first-order valence-corrected chi connectivity index (χ1v) is 9.05. The summed E-state index contributed by atoms with van der Waals surface area (Å²) in [5.41, 5.74) is 0.941. The van der Waals surface area contributed by atoms with E-state index in [0.717, 1.165) is 12.8 Å². The molecule has 2 heterocycles. The van der Waals surface area contributed by atoms with Gasteiger partial charge in [0.1, 0.15) is 22.7 Å². The maximum atomic E-state index is 13.5. The van der Waals surface area contributed by atoms with Crippen molar-refractivity contribution in [2.75, 3.05) is 13.2 Å². The Morgan fingerprint density at radius 2 is 2.14 bits per heavy atom. The molecule has 0 radical (unpaired) electrons. The van der Waals surface area contributed by atoms with Crippen molar-refractivity contribution in [3.8, 4) is 5.75 Å². The second-order valence-corrected chi connectivity index (χ2v) is 6.62. The summed E-state index contributed by atoms with van der Waals surface area (Å²) in [5.74, 6) is -0.767. The van der Waals surface area contributed by atoms with Crippen molar-refractivity contribution in [2.24, 2.45) is 4.99 Å². The fraction of sp³-hybridized carbons (Fsp3) is 0.238. The largest absolute Gasteiger partial charge is 0.508 e. The third kappa shape index (κ3) is 4.04. The van der Waals surface area contributed by atoms with Crippen LogP contribution in [-0.2, 0) is 4.74 Å². The number of rotatable bonds is 4. The first-order chi connectivity index (χ1) is 13.6. The zero-order chi connectivity index (χ0) is 19.5. The summed E-state index contributed by atoms with van der Waals surface area (Å²) in [4.78, 5) is 17.1. The number of carbonyl (C=O) groups excluding carboxylic acids is 1. The second-order valence-electron chi connectivity index (χ2n) is 6.62. The predicted molar refractivity (Wildman–Crippen MR) is 101 cm³/mol. The molecule has 28 heavy (non-hydrogen) atoms. The molecule has 1 aliphatic rings. The van der Waals surface area contributed by atoms with Crippen LogP contribution in [0.15, 0.2) is 57.9 Å². The summed E-state index contributed by atoms with van der Waals surface area (Å²) >= 11 is 0. The molecule has 2 N–H and O–H groups in total. The number of benzene rings is 2. The first-order valence-electron chi connectivity index (χ1n) is 9.05. The summed E-state index contributed by atoms with van der Waals surface area (Å²) in [6, 6.07) is 11.9. The Morgan fingerprint density at radius 1 is 1.25 bits per heavy atom. The number of hydrogen-bond acceptors (Lipinski definition) is 5. The number of fused-ring (bicyclic) bond motifs is 1. The van der Waals surface area contributed by atoms with E-state index in [1.54, 1.807) is 18.2 Å². The van der Waals surface area contributed by atoms with E-state index in [1.165, 1.54) is 30.3 Å². The van der Waals surface area contributed by atoms with Crippen molar-refractivity contribution in [3.05, 3.63) is 65.5 Å². The van der Waals surface area contributed by atoms with Crippen LogP contribution in [0.2, 0.25) is 0 Å². The number of hydrogen-bond donors (Lipinski definition) is 2. The highest BCUT2D eigenvalue weighted by molar-refractivity contribution is 5.96. The van der Waals surface area contributed by atoms with Crippen LogP contribution in [0, 0.1) is 5.82 Å². The molecule has 0 saturated carbocycles. The maximum Gasteiger partial charge on any atom is 0.256 e. The van der Waals surface area contributed by atoms with Crippen LogP contribution in [0.3, 0.4) is 0 Å². The average molecular weight is 382 g/mol. The van der Waals surface area contributed by atoms with Gasteiger partial charge >= 0.3 is 0 Å². The van der Waals surface area contributed by atoms with Gasteiger partial charge in [0.15, 0.2) is 0 Å². The Labute approximate surface area is 160 Å². The number of halogens is 1. The summed E-state index contributed by atoms with van der Waals surface area (Å²) in [6.07, 6.45) is 1.89. The molecule has 1 amide bonds. The quantitative estimate of drug-likeness (QED) is 0.724. The molecule has 6 nitrogen and oxygen atoms in total. The lowest BCUT2D eigenvalue weighted by molar-refractivity contribution is 0.0854. The molecule has 0 spiro atoms. The number of nitrogens with one attached hydrogen (secondary N) is 1. The Hall–Kier alpha value is -3.19. The van der Waals surface area contributed by atoms with Gasteiger partial charge in [0.05, 0.1) is 11.8 Å². The highest BCUT2D eigenvalue weighted by atomic mass is 19.1. The number of amides is 1. The van der Waals surface area contributed by atoms with E-state index < -0.39 is 5.82 Å². The lowest BCUT2D eigenvalue weighted by atomic mass is 10.1. The zero-order valence-electron chi connectivity index (χ0n) is 15.0. The summed E-state index contributed by atoms with van der Waals surface area (Å²) in [6.45, 7) is 1.10. The lowest BCUT2D eigenvalue weighted by Crippen LogP contribution is -2.34. The molecule has 4 rings (SSSR count).